The minimum Gasteiger partial charge on any atom is -0.329 e. The van der Waals surface area contributed by atoms with E-state index in [0.29, 0.717) is 33.1 Å². The van der Waals surface area contributed by atoms with E-state index >= 15 is 0 Å². The number of thiocarbonyl (C=S) groups is 1. The first-order valence-electron chi connectivity index (χ1n) is 10.2. The molecule has 2 N–H and O–H groups in total. The highest BCUT2D eigenvalue weighted by Gasteiger charge is 2.17. The van der Waals surface area contributed by atoms with E-state index in [2.05, 4.69) is 36.8 Å². The zero-order valence-electron chi connectivity index (χ0n) is 18.2. The molecule has 2 aromatic carbocycles. The number of aromatic nitrogens is 4. The molecule has 2 heterocycles. The molecule has 4 aromatic rings. The Labute approximate surface area is 220 Å². The second-order valence-electron chi connectivity index (χ2n) is 7.60. The van der Waals surface area contributed by atoms with E-state index in [-0.39, 0.29) is 12.4 Å². The molecular formula is C23H20BrCl2FN6S. The lowest BCUT2D eigenvalue weighted by atomic mass is 10.2. The molecular weight excluding hydrogens is 562 g/mol. The molecule has 11 heteroatoms. The highest BCUT2D eigenvalue weighted by Crippen LogP contribution is 2.26. The predicted octanol–water partition coefficient (Wildman–Crippen LogP) is 6.81. The summed E-state index contributed by atoms with van der Waals surface area (Å²) in [6, 6.07) is 12.2. The van der Waals surface area contributed by atoms with Crippen molar-refractivity contribution < 1.29 is 4.39 Å². The minimum atomic E-state index is -0.371. The van der Waals surface area contributed by atoms with Crippen LogP contribution in [0.4, 0.5) is 15.9 Å². The Kier molecular flexibility index (Phi) is 7.57. The molecule has 0 aliphatic rings. The maximum Gasteiger partial charge on any atom is 0.176 e. The molecule has 176 valence electrons. The molecule has 2 aromatic heterocycles. The third-order valence-corrected chi connectivity index (χ3v) is 6.74. The second-order valence-corrected chi connectivity index (χ2v) is 9.67. The van der Waals surface area contributed by atoms with Crippen LogP contribution in [0, 0.1) is 19.7 Å². The molecule has 0 amide bonds. The van der Waals surface area contributed by atoms with Crippen molar-refractivity contribution in [2.24, 2.45) is 0 Å². The van der Waals surface area contributed by atoms with Gasteiger partial charge in [-0.05, 0) is 65.8 Å². The number of benzene rings is 2. The number of hydrogen-bond acceptors (Lipinski definition) is 3. The van der Waals surface area contributed by atoms with Crippen LogP contribution in [0.25, 0.3) is 0 Å². The van der Waals surface area contributed by atoms with Gasteiger partial charge in [-0.3, -0.25) is 9.36 Å². The lowest BCUT2D eigenvalue weighted by Gasteiger charge is -2.11. The first-order chi connectivity index (χ1) is 16.2. The van der Waals surface area contributed by atoms with Gasteiger partial charge in [0.25, 0.3) is 0 Å². The van der Waals surface area contributed by atoms with Crippen LogP contribution in [0.1, 0.15) is 22.5 Å². The van der Waals surface area contributed by atoms with Crippen molar-refractivity contribution >= 4 is 68.0 Å². The Morgan fingerprint density at radius 2 is 1.76 bits per heavy atom. The summed E-state index contributed by atoms with van der Waals surface area (Å²) in [5, 5.41) is 16.7. The summed E-state index contributed by atoms with van der Waals surface area (Å²) in [5.74, 6) is 0.189. The molecule has 6 nitrogen and oxygen atoms in total. The smallest absolute Gasteiger partial charge is 0.176 e. The zero-order valence-corrected chi connectivity index (χ0v) is 22.2. The number of nitrogens with zero attached hydrogens (tertiary/aromatic N) is 4. The van der Waals surface area contributed by atoms with Crippen LogP contribution in [-0.2, 0) is 13.1 Å². The van der Waals surface area contributed by atoms with Gasteiger partial charge in [0.15, 0.2) is 10.9 Å². The van der Waals surface area contributed by atoms with Gasteiger partial charge in [0.1, 0.15) is 5.82 Å². The van der Waals surface area contributed by atoms with Crippen molar-refractivity contribution in [3.63, 3.8) is 0 Å². The van der Waals surface area contributed by atoms with Gasteiger partial charge in [-0.25, -0.2) is 4.39 Å². The van der Waals surface area contributed by atoms with Crippen molar-refractivity contribution in [1.82, 2.24) is 19.6 Å². The Hall–Kier alpha value is -2.46. The summed E-state index contributed by atoms with van der Waals surface area (Å²) in [6.07, 6.45) is 1.85. The Morgan fingerprint density at radius 1 is 1.03 bits per heavy atom. The molecule has 0 unspecified atom stereocenters. The largest absolute Gasteiger partial charge is 0.329 e. The molecule has 34 heavy (non-hydrogen) atoms. The SMILES string of the molecule is Cc1nn(Cc2c(F)cccc2Cl)c(C)c1NC(=S)Nc1nn(Cc2ccccc2Cl)cc1Br. The number of nitrogens with one attached hydrogen (secondary N) is 2. The summed E-state index contributed by atoms with van der Waals surface area (Å²) in [5.41, 5.74) is 3.59. The Bertz CT molecular complexity index is 1350. The van der Waals surface area contributed by atoms with Gasteiger partial charge in [0.05, 0.1) is 34.6 Å². The topological polar surface area (TPSA) is 59.7 Å². The summed E-state index contributed by atoms with van der Waals surface area (Å²) in [7, 11) is 0. The number of halogens is 4. The second kappa shape index (κ2) is 10.4. The zero-order chi connectivity index (χ0) is 24.4. The fourth-order valence-corrected chi connectivity index (χ4v) is 4.51. The van der Waals surface area contributed by atoms with Crippen LogP contribution in [0.5, 0.6) is 0 Å². The summed E-state index contributed by atoms with van der Waals surface area (Å²) in [6.45, 7) is 4.46. The third-order valence-electron chi connectivity index (χ3n) is 5.23. The van der Waals surface area contributed by atoms with Gasteiger partial charge < -0.3 is 10.6 Å². The van der Waals surface area contributed by atoms with E-state index in [1.165, 1.54) is 6.07 Å². The maximum absolute atomic E-state index is 14.2. The predicted molar refractivity (Wildman–Crippen MR) is 143 cm³/mol. The van der Waals surface area contributed by atoms with Gasteiger partial charge >= 0.3 is 0 Å². The molecule has 0 radical (unpaired) electrons. The van der Waals surface area contributed by atoms with Gasteiger partial charge in [-0.2, -0.15) is 10.2 Å². The number of rotatable bonds is 6. The summed E-state index contributed by atoms with van der Waals surface area (Å²) >= 11 is 21.5. The Balaban J connectivity index is 1.47. The highest BCUT2D eigenvalue weighted by atomic mass is 79.9. The quantitative estimate of drug-likeness (QED) is 0.245. The highest BCUT2D eigenvalue weighted by molar-refractivity contribution is 9.10. The van der Waals surface area contributed by atoms with Crippen LogP contribution in [0.3, 0.4) is 0 Å². The number of aryl methyl sites for hydroxylation is 1. The molecule has 0 spiro atoms. The van der Waals surface area contributed by atoms with E-state index < -0.39 is 0 Å². The monoisotopic (exact) mass is 580 g/mol. The molecule has 0 saturated heterocycles. The fraction of sp³-hybridized carbons (Fsp3) is 0.174. The van der Waals surface area contributed by atoms with E-state index in [1.807, 2.05) is 44.3 Å². The van der Waals surface area contributed by atoms with Crippen LogP contribution in [-0.4, -0.2) is 24.7 Å². The summed E-state index contributed by atoms with van der Waals surface area (Å²) < 4.78 is 18.4. The minimum absolute atomic E-state index is 0.206. The van der Waals surface area contributed by atoms with Crippen molar-refractivity contribution in [3.05, 3.63) is 91.5 Å². The molecule has 0 bridgehead atoms. The van der Waals surface area contributed by atoms with Gasteiger partial charge in [-0.1, -0.05) is 47.5 Å². The van der Waals surface area contributed by atoms with Gasteiger partial charge in [-0.15, -0.1) is 0 Å². The van der Waals surface area contributed by atoms with E-state index in [4.69, 9.17) is 35.4 Å². The molecule has 0 atom stereocenters. The van der Waals surface area contributed by atoms with Crippen LogP contribution < -0.4 is 10.6 Å². The summed E-state index contributed by atoms with van der Waals surface area (Å²) in [4.78, 5) is 0. The molecule has 0 fully saturated rings. The van der Waals surface area contributed by atoms with E-state index in [1.54, 1.807) is 21.5 Å². The average Bonchev–Trinajstić information content (AvgIpc) is 3.25. The fourth-order valence-electron chi connectivity index (χ4n) is 3.48. The first-order valence-corrected chi connectivity index (χ1v) is 12.2. The van der Waals surface area contributed by atoms with Crippen molar-refractivity contribution in [2.75, 3.05) is 10.6 Å². The molecule has 4 rings (SSSR count). The van der Waals surface area contributed by atoms with E-state index in [0.717, 1.165) is 27.1 Å². The van der Waals surface area contributed by atoms with Gasteiger partial charge in [0.2, 0.25) is 0 Å². The van der Waals surface area contributed by atoms with Crippen LogP contribution in [0.15, 0.2) is 53.1 Å². The third kappa shape index (κ3) is 5.43. The normalized spacial score (nSPS) is 11.0. The van der Waals surface area contributed by atoms with Crippen LogP contribution in [0.2, 0.25) is 10.0 Å². The lowest BCUT2D eigenvalue weighted by Crippen LogP contribution is -2.20. The Morgan fingerprint density at radius 3 is 2.50 bits per heavy atom. The van der Waals surface area contributed by atoms with Crippen molar-refractivity contribution in [2.45, 2.75) is 26.9 Å². The lowest BCUT2D eigenvalue weighted by molar-refractivity contribution is 0.579. The maximum atomic E-state index is 14.2. The van der Waals surface area contributed by atoms with Crippen molar-refractivity contribution in [3.8, 4) is 0 Å². The van der Waals surface area contributed by atoms with E-state index in [9.17, 15) is 4.39 Å². The van der Waals surface area contributed by atoms with Crippen LogP contribution >= 0.6 is 51.3 Å². The molecule has 0 aliphatic heterocycles. The average molecular weight is 582 g/mol. The molecule has 0 aliphatic carbocycles. The number of hydrogen-bond donors (Lipinski definition) is 2. The first kappa shape index (κ1) is 24.7. The standard InChI is InChI=1S/C23H20BrCl2FN6S/c1-13-21(14(2)33(30-13)11-16-19(26)8-5-9-20(16)27)28-23(34)29-22-17(24)12-32(31-22)10-15-6-3-4-7-18(15)25/h3-9,12H,10-11H2,1-2H3,(H2,28,29,31,34). The number of anilines is 2. The molecule has 0 saturated carbocycles. The van der Waals surface area contributed by atoms with Crippen molar-refractivity contribution in [1.29, 1.82) is 0 Å². The van der Waals surface area contributed by atoms with Gasteiger partial charge in [0, 0.05) is 21.8 Å².